The monoisotopic (exact) mass is 152 g/mol. The van der Waals surface area contributed by atoms with Crippen molar-refractivity contribution < 1.29 is 0 Å². The Morgan fingerprint density at radius 2 is 2.55 bits per heavy atom. The van der Waals surface area contributed by atoms with Crippen molar-refractivity contribution in [3.63, 3.8) is 0 Å². The first-order chi connectivity index (χ1) is 5.20. The van der Waals surface area contributed by atoms with Crippen LogP contribution in [0.4, 0.5) is 0 Å². The molecule has 0 fully saturated rings. The second kappa shape index (κ2) is 3.18. The standard InChI is InChI=1S/C7H12N4/c1-6(8)9-5-7-3-4-10-11(7)2/h3-4H,5H2,1-2H3,(H2,8,9). The molecule has 0 saturated heterocycles. The molecule has 0 aromatic carbocycles. The average Bonchev–Trinajstić information content (AvgIpc) is 2.31. The third kappa shape index (κ3) is 2.07. The summed E-state index contributed by atoms with van der Waals surface area (Å²) in [5.74, 6) is 0.603. The quantitative estimate of drug-likeness (QED) is 0.489. The highest BCUT2D eigenvalue weighted by molar-refractivity contribution is 5.77. The van der Waals surface area contributed by atoms with Gasteiger partial charge in [0, 0.05) is 13.2 Å². The average molecular weight is 152 g/mol. The van der Waals surface area contributed by atoms with Crippen molar-refractivity contribution in [2.75, 3.05) is 0 Å². The van der Waals surface area contributed by atoms with Crippen LogP contribution in [-0.2, 0) is 13.6 Å². The molecule has 0 radical (unpaired) electrons. The Bertz CT molecular complexity index is 257. The molecule has 0 atom stereocenters. The summed E-state index contributed by atoms with van der Waals surface area (Å²) in [5.41, 5.74) is 6.44. The molecule has 0 aliphatic heterocycles. The van der Waals surface area contributed by atoms with Crippen LogP contribution >= 0.6 is 0 Å². The predicted octanol–water partition coefficient (Wildman–Crippen LogP) is 0.297. The Morgan fingerprint density at radius 3 is 3.00 bits per heavy atom. The number of rotatable bonds is 2. The number of hydrogen-bond acceptors (Lipinski definition) is 2. The van der Waals surface area contributed by atoms with Crippen LogP contribution < -0.4 is 5.73 Å². The first kappa shape index (κ1) is 7.78. The van der Waals surface area contributed by atoms with Crippen LogP contribution in [0.15, 0.2) is 17.3 Å². The van der Waals surface area contributed by atoms with E-state index >= 15 is 0 Å². The molecule has 1 aromatic heterocycles. The van der Waals surface area contributed by atoms with Crippen LogP contribution in [0.2, 0.25) is 0 Å². The second-order valence-corrected chi connectivity index (χ2v) is 2.40. The summed E-state index contributed by atoms with van der Waals surface area (Å²) in [6.07, 6.45) is 1.75. The summed E-state index contributed by atoms with van der Waals surface area (Å²) >= 11 is 0. The van der Waals surface area contributed by atoms with Gasteiger partial charge in [-0.2, -0.15) is 5.10 Å². The van der Waals surface area contributed by atoms with Gasteiger partial charge in [-0.15, -0.1) is 0 Å². The minimum atomic E-state index is 0.603. The first-order valence-corrected chi connectivity index (χ1v) is 3.43. The van der Waals surface area contributed by atoms with Gasteiger partial charge in [0.05, 0.1) is 18.1 Å². The van der Waals surface area contributed by atoms with Gasteiger partial charge in [0.25, 0.3) is 0 Å². The SMILES string of the molecule is CC(N)=NCc1ccnn1C. The highest BCUT2D eigenvalue weighted by Crippen LogP contribution is 1.97. The molecule has 4 heteroatoms. The maximum atomic E-state index is 5.38. The van der Waals surface area contributed by atoms with E-state index in [4.69, 9.17) is 5.73 Å². The lowest BCUT2D eigenvalue weighted by atomic mass is 10.4. The molecule has 0 aliphatic rings. The molecule has 0 spiro atoms. The number of amidine groups is 1. The van der Waals surface area contributed by atoms with Gasteiger partial charge in [-0.05, 0) is 13.0 Å². The highest BCUT2D eigenvalue weighted by atomic mass is 15.3. The summed E-state index contributed by atoms with van der Waals surface area (Å²) in [7, 11) is 1.89. The Kier molecular flexibility index (Phi) is 2.25. The summed E-state index contributed by atoms with van der Waals surface area (Å²) in [5, 5.41) is 4.00. The van der Waals surface area contributed by atoms with Gasteiger partial charge in [-0.3, -0.25) is 9.67 Å². The second-order valence-electron chi connectivity index (χ2n) is 2.40. The molecule has 0 saturated carbocycles. The van der Waals surface area contributed by atoms with E-state index in [0.717, 1.165) is 5.69 Å². The molecular weight excluding hydrogens is 140 g/mol. The maximum absolute atomic E-state index is 5.38. The zero-order valence-corrected chi connectivity index (χ0v) is 6.78. The summed E-state index contributed by atoms with van der Waals surface area (Å²) in [6.45, 7) is 2.38. The molecule has 1 rings (SSSR count). The molecule has 0 aliphatic carbocycles. The zero-order valence-electron chi connectivity index (χ0n) is 6.78. The summed E-state index contributed by atoms with van der Waals surface area (Å²) in [6, 6.07) is 1.92. The van der Waals surface area contributed by atoms with Crippen molar-refractivity contribution in [3.8, 4) is 0 Å². The van der Waals surface area contributed by atoms with Crippen LogP contribution in [0, 0.1) is 0 Å². The predicted molar refractivity (Wildman–Crippen MR) is 44.2 cm³/mol. The fourth-order valence-corrected chi connectivity index (χ4v) is 0.762. The molecule has 0 bridgehead atoms. The number of aliphatic imine (C=N–C) groups is 1. The Balaban J connectivity index is 2.65. The van der Waals surface area contributed by atoms with Crippen molar-refractivity contribution in [2.24, 2.45) is 17.8 Å². The lowest BCUT2D eigenvalue weighted by Gasteiger charge is -1.96. The van der Waals surface area contributed by atoms with Crippen LogP contribution in [0.25, 0.3) is 0 Å². The summed E-state index contributed by atoms with van der Waals surface area (Å²) in [4.78, 5) is 4.06. The molecule has 60 valence electrons. The molecule has 0 unspecified atom stereocenters. The molecule has 0 amide bonds. The van der Waals surface area contributed by atoms with Crippen LogP contribution in [0.3, 0.4) is 0 Å². The van der Waals surface area contributed by atoms with Gasteiger partial charge in [-0.25, -0.2) is 0 Å². The van der Waals surface area contributed by atoms with Crippen molar-refractivity contribution in [1.82, 2.24) is 9.78 Å². The van der Waals surface area contributed by atoms with E-state index in [2.05, 4.69) is 10.1 Å². The van der Waals surface area contributed by atoms with Gasteiger partial charge >= 0.3 is 0 Å². The first-order valence-electron chi connectivity index (χ1n) is 3.43. The molecule has 2 N–H and O–H groups in total. The van der Waals surface area contributed by atoms with Gasteiger partial charge in [0.15, 0.2) is 0 Å². The number of hydrogen-bond donors (Lipinski definition) is 1. The maximum Gasteiger partial charge on any atom is 0.0910 e. The fourth-order valence-electron chi connectivity index (χ4n) is 0.762. The lowest BCUT2D eigenvalue weighted by Crippen LogP contribution is -2.06. The topological polar surface area (TPSA) is 56.2 Å². The Morgan fingerprint density at radius 1 is 1.82 bits per heavy atom. The van der Waals surface area contributed by atoms with E-state index < -0.39 is 0 Å². The molecule has 4 nitrogen and oxygen atoms in total. The number of aryl methyl sites for hydroxylation is 1. The highest BCUT2D eigenvalue weighted by Gasteiger charge is 1.94. The van der Waals surface area contributed by atoms with Crippen molar-refractivity contribution in [3.05, 3.63) is 18.0 Å². The van der Waals surface area contributed by atoms with E-state index in [1.54, 1.807) is 17.8 Å². The minimum Gasteiger partial charge on any atom is -0.388 e. The zero-order chi connectivity index (χ0) is 8.27. The molecular formula is C7H12N4. The molecule has 1 aromatic rings. The fraction of sp³-hybridized carbons (Fsp3) is 0.429. The third-order valence-corrected chi connectivity index (χ3v) is 1.41. The van der Waals surface area contributed by atoms with Gasteiger partial charge in [0.2, 0.25) is 0 Å². The van der Waals surface area contributed by atoms with Crippen LogP contribution in [0.1, 0.15) is 12.6 Å². The van der Waals surface area contributed by atoms with Gasteiger partial charge < -0.3 is 5.73 Å². The largest absolute Gasteiger partial charge is 0.388 e. The number of nitrogens with two attached hydrogens (primary N) is 1. The third-order valence-electron chi connectivity index (χ3n) is 1.41. The lowest BCUT2D eigenvalue weighted by molar-refractivity contribution is 0.712. The summed E-state index contributed by atoms with van der Waals surface area (Å²) < 4.78 is 1.78. The van der Waals surface area contributed by atoms with Crippen LogP contribution in [-0.4, -0.2) is 15.6 Å². The number of nitrogens with zero attached hydrogens (tertiary/aromatic N) is 3. The van der Waals surface area contributed by atoms with Crippen molar-refractivity contribution in [2.45, 2.75) is 13.5 Å². The Labute approximate surface area is 65.7 Å². The molecule has 1 heterocycles. The van der Waals surface area contributed by atoms with E-state index in [1.807, 2.05) is 13.1 Å². The van der Waals surface area contributed by atoms with Crippen molar-refractivity contribution >= 4 is 5.84 Å². The van der Waals surface area contributed by atoms with Gasteiger partial charge in [-0.1, -0.05) is 0 Å². The normalized spacial score (nSPS) is 12.0. The number of aromatic nitrogens is 2. The van der Waals surface area contributed by atoms with E-state index in [0.29, 0.717) is 12.4 Å². The molecule has 11 heavy (non-hydrogen) atoms. The Hall–Kier alpha value is -1.32. The van der Waals surface area contributed by atoms with E-state index in [-0.39, 0.29) is 0 Å². The smallest absolute Gasteiger partial charge is 0.0910 e. The van der Waals surface area contributed by atoms with Crippen molar-refractivity contribution in [1.29, 1.82) is 0 Å². The van der Waals surface area contributed by atoms with Gasteiger partial charge in [0.1, 0.15) is 0 Å². The minimum absolute atomic E-state index is 0.603. The van der Waals surface area contributed by atoms with E-state index in [9.17, 15) is 0 Å². The van der Waals surface area contributed by atoms with E-state index in [1.165, 1.54) is 0 Å². The van der Waals surface area contributed by atoms with Crippen LogP contribution in [0.5, 0.6) is 0 Å².